The Bertz CT molecular complexity index is 637. The van der Waals surface area contributed by atoms with Gasteiger partial charge in [0.05, 0.1) is 10.0 Å². The monoisotopic (exact) mass is 369 g/mol. The van der Waals surface area contributed by atoms with E-state index in [-0.39, 0.29) is 5.82 Å². The van der Waals surface area contributed by atoms with Gasteiger partial charge in [-0.15, -0.1) is 0 Å². The highest BCUT2D eigenvalue weighted by molar-refractivity contribution is 9.10. The van der Waals surface area contributed by atoms with Crippen molar-refractivity contribution in [2.75, 3.05) is 0 Å². The van der Waals surface area contributed by atoms with Gasteiger partial charge in [-0.05, 0) is 52.3 Å². The number of hydrogen-bond acceptors (Lipinski definition) is 2. The fraction of sp³-hybridized carbons (Fsp3) is 0. The maximum Gasteiger partial charge on any atom is 0.146 e. The van der Waals surface area contributed by atoms with Crippen LogP contribution < -0.4 is 4.74 Å². The average molecular weight is 371 g/mol. The number of nitriles is 1. The van der Waals surface area contributed by atoms with Crippen molar-refractivity contribution in [2.24, 2.45) is 0 Å². The predicted molar refractivity (Wildman–Crippen MR) is 73.0 cm³/mol. The van der Waals surface area contributed by atoms with E-state index < -0.39 is 0 Å². The van der Waals surface area contributed by atoms with Crippen molar-refractivity contribution in [3.63, 3.8) is 0 Å². The molecule has 0 aliphatic heterocycles. The van der Waals surface area contributed by atoms with Crippen molar-refractivity contribution in [3.05, 3.63) is 56.7 Å². The van der Waals surface area contributed by atoms with Gasteiger partial charge >= 0.3 is 0 Å². The van der Waals surface area contributed by atoms with E-state index in [4.69, 9.17) is 10.00 Å². The lowest BCUT2D eigenvalue weighted by Crippen LogP contribution is -1.90. The van der Waals surface area contributed by atoms with Crippen molar-refractivity contribution >= 4 is 31.9 Å². The highest BCUT2D eigenvalue weighted by atomic mass is 79.9. The molecule has 18 heavy (non-hydrogen) atoms. The summed E-state index contributed by atoms with van der Waals surface area (Å²) in [4.78, 5) is 0. The first-order valence-electron chi connectivity index (χ1n) is 4.92. The first-order chi connectivity index (χ1) is 8.60. The molecule has 2 aromatic carbocycles. The Morgan fingerprint density at radius 1 is 1.06 bits per heavy atom. The molecule has 0 radical (unpaired) electrons. The van der Waals surface area contributed by atoms with Crippen LogP contribution in [0.3, 0.4) is 0 Å². The van der Waals surface area contributed by atoms with Crippen molar-refractivity contribution in [2.45, 2.75) is 0 Å². The smallest absolute Gasteiger partial charge is 0.146 e. The second-order valence-corrected chi connectivity index (χ2v) is 5.20. The molecule has 0 aliphatic carbocycles. The fourth-order valence-electron chi connectivity index (χ4n) is 1.35. The molecular weight excluding hydrogens is 365 g/mol. The topological polar surface area (TPSA) is 33.0 Å². The molecule has 0 bridgehead atoms. The van der Waals surface area contributed by atoms with E-state index in [1.807, 2.05) is 6.07 Å². The van der Waals surface area contributed by atoms with E-state index in [2.05, 4.69) is 31.9 Å². The van der Waals surface area contributed by atoms with Crippen molar-refractivity contribution < 1.29 is 9.13 Å². The molecule has 0 N–H and O–H groups in total. The summed E-state index contributed by atoms with van der Waals surface area (Å²) in [5.74, 6) is 0.508. The summed E-state index contributed by atoms with van der Waals surface area (Å²) < 4.78 is 19.8. The minimum absolute atomic E-state index is 0.357. The second kappa shape index (κ2) is 5.51. The maximum absolute atomic E-state index is 13.0. The van der Waals surface area contributed by atoms with E-state index in [0.29, 0.717) is 21.5 Å². The molecule has 0 heterocycles. The molecule has 0 aliphatic rings. The van der Waals surface area contributed by atoms with Crippen LogP contribution in [0.1, 0.15) is 5.56 Å². The zero-order valence-electron chi connectivity index (χ0n) is 8.95. The number of hydrogen-bond donors (Lipinski definition) is 0. The molecule has 2 rings (SSSR count). The van der Waals surface area contributed by atoms with Gasteiger partial charge < -0.3 is 4.74 Å². The van der Waals surface area contributed by atoms with Gasteiger partial charge in [0.25, 0.3) is 0 Å². The van der Waals surface area contributed by atoms with Gasteiger partial charge in [-0.1, -0.05) is 15.9 Å². The quantitative estimate of drug-likeness (QED) is 0.743. The van der Waals surface area contributed by atoms with Crippen LogP contribution in [0, 0.1) is 17.1 Å². The third-order valence-electron chi connectivity index (χ3n) is 2.18. The molecule has 0 atom stereocenters. The maximum atomic E-state index is 13.0. The van der Waals surface area contributed by atoms with Crippen LogP contribution >= 0.6 is 31.9 Å². The molecule has 0 saturated heterocycles. The Morgan fingerprint density at radius 3 is 2.50 bits per heavy atom. The summed E-state index contributed by atoms with van der Waals surface area (Å²) in [5.41, 5.74) is 0.412. The lowest BCUT2D eigenvalue weighted by Gasteiger charge is -2.09. The average Bonchev–Trinajstić information content (AvgIpc) is 2.33. The summed E-state index contributed by atoms with van der Waals surface area (Å²) in [6.45, 7) is 0. The molecule has 0 amide bonds. The minimum Gasteiger partial charge on any atom is -0.455 e. The molecule has 2 aromatic rings. The van der Waals surface area contributed by atoms with Crippen LogP contribution in [-0.2, 0) is 0 Å². The summed E-state index contributed by atoms with van der Waals surface area (Å²) >= 11 is 6.52. The summed E-state index contributed by atoms with van der Waals surface area (Å²) in [6.07, 6.45) is 0. The SMILES string of the molecule is N#Cc1ccc(Br)cc1Oc1ccc(F)cc1Br. The molecule has 0 spiro atoms. The van der Waals surface area contributed by atoms with E-state index in [1.54, 1.807) is 18.2 Å². The van der Waals surface area contributed by atoms with Gasteiger partial charge in [-0.3, -0.25) is 0 Å². The largest absolute Gasteiger partial charge is 0.455 e. The van der Waals surface area contributed by atoms with Crippen molar-refractivity contribution in [3.8, 4) is 17.6 Å². The zero-order chi connectivity index (χ0) is 13.1. The van der Waals surface area contributed by atoms with Gasteiger partial charge in [0.2, 0.25) is 0 Å². The van der Waals surface area contributed by atoms with Gasteiger partial charge in [0.1, 0.15) is 23.4 Å². The second-order valence-electron chi connectivity index (χ2n) is 3.43. The Morgan fingerprint density at radius 2 is 1.83 bits per heavy atom. The highest BCUT2D eigenvalue weighted by Crippen LogP contribution is 2.33. The van der Waals surface area contributed by atoms with Crippen LogP contribution in [0.15, 0.2) is 45.3 Å². The van der Waals surface area contributed by atoms with E-state index in [9.17, 15) is 4.39 Å². The third kappa shape index (κ3) is 2.89. The van der Waals surface area contributed by atoms with Gasteiger partial charge in [0.15, 0.2) is 0 Å². The minimum atomic E-state index is -0.357. The molecule has 90 valence electrons. The van der Waals surface area contributed by atoms with Gasteiger partial charge in [-0.2, -0.15) is 5.26 Å². The third-order valence-corrected chi connectivity index (χ3v) is 3.29. The molecule has 0 unspecified atom stereocenters. The number of rotatable bonds is 2. The fourth-order valence-corrected chi connectivity index (χ4v) is 2.12. The first-order valence-corrected chi connectivity index (χ1v) is 6.51. The Balaban J connectivity index is 2.40. The van der Waals surface area contributed by atoms with Gasteiger partial charge in [-0.25, -0.2) is 4.39 Å². The Hall–Kier alpha value is -1.38. The number of nitrogens with zero attached hydrogens (tertiary/aromatic N) is 1. The lowest BCUT2D eigenvalue weighted by molar-refractivity contribution is 0.475. The van der Waals surface area contributed by atoms with Crippen LogP contribution in [0.2, 0.25) is 0 Å². The Labute approximate surface area is 120 Å². The summed E-state index contributed by atoms with van der Waals surface area (Å²) in [5, 5.41) is 8.98. The molecule has 0 aromatic heterocycles. The number of benzene rings is 2. The van der Waals surface area contributed by atoms with E-state index in [1.165, 1.54) is 18.2 Å². The van der Waals surface area contributed by atoms with Crippen LogP contribution in [0.25, 0.3) is 0 Å². The Kier molecular flexibility index (Phi) is 4.00. The van der Waals surface area contributed by atoms with E-state index in [0.717, 1.165) is 4.47 Å². The summed E-state index contributed by atoms with van der Waals surface area (Å²) in [7, 11) is 0. The van der Waals surface area contributed by atoms with E-state index >= 15 is 0 Å². The lowest BCUT2D eigenvalue weighted by atomic mass is 10.2. The van der Waals surface area contributed by atoms with Crippen molar-refractivity contribution in [1.29, 1.82) is 5.26 Å². The highest BCUT2D eigenvalue weighted by Gasteiger charge is 2.08. The van der Waals surface area contributed by atoms with Crippen LogP contribution in [0.4, 0.5) is 4.39 Å². The zero-order valence-corrected chi connectivity index (χ0v) is 12.1. The predicted octanol–water partition coefficient (Wildman–Crippen LogP) is 5.01. The first kappa shape index (κ1) is 13.1. The normalized spacial score (nSPS) is 9.89. The molecule has 2 nitrogen and oxygen atoms in total. The molecule has 0 fully saturated rings. The number of halogens is 3. The van der Waals surface area contributed by atoms with Crippen molar-refractivity contribution in [1.82, 2.24) is 0 Å². The van der Waals surface area contributed by atoms with Crippen LogP contribution in [0.5, 0.6) is 11.5 Å². The molecule has 5 heteroatoms. The number of ether oxygens (including phenoxy) is 1. The standard InChI is InChI=1S/C13H6Br2FNO/c14-9-2-1-8(7-17)13(5-9)18-12-4-3-10(16)6-11(12)15/h1-6H. The molecule has 0 saturated carbocycles. The molecular formula is C13H6Br2FNO. The summed E-state index contributed by atoms with van der Waals surface area (Å²) in [6, 6.07) is 11.2. The van der Waals surface area contributed by atoms with Crippen LogP contribution in [-0.4, -0.2) is 0 Å². The van der Waals surface area contributed by atoms with Gasteiger partial charge in [0, 0.05) is 4.47 Å².